The van der Waals surface area contributed by atoms with Crippen molar-refractivity contribution in [2.75, 3.05) is 32.1 Å². The van der Waals surface area contributed by atoms with Crippen LogP contribution < -0.4 is 5.32 Å². The fourth-order valence-corrected chi connectivity index (χ4v) is 4.93. The summed E-state index contributed by atoms with van der Waals surface area (Å²) in [6.45, 7) is 6.49. The number of aryl methyl sites for hydroxylation is 1. The van der Waals surface area contributed by atoms with Crippen molar-refractivity contribution in [2.24, 2.45) is 7.05 Å². The van der Waals surface area contributed by atoms with Crippen molar-refractivity contribution in [1.82, 2.24) is 14.8 Å². The smallest absolute Gasteiger partial charge is 0.247 e. The third kappa shape index (κ3) is 4.61. The summed E-state index contributed by atoms with van der Waals surface area (Å²) in [6, 6.07) is 7.53. The molecule has 1 aromatic carbocycles. The third-order valence-corrected chi connectivity index (χ3v) is 6.46. The number of benzene rings is 1. The normalized spacial score (nSPS) is 16.7. The number of carbonyl (C=O) groups is 2. The molecule has 1 aromatic heterocycles. The number of hydrogen-bond donors (Lipinski definition) is 1. The predicted molar refractivity (Wildman–Crippen MR) is 117 cm³/mol. The lowest BCUT2D eigenvalue weighted by Gasteiger charge is -2.29. The predicted octanol–water partition coefficient (Wildman–Crippen LogP) is 3.50. The van der Waals surface area contributed by atoms with Crippen LogP contribution in [-0.2, 0) is 21.4 Å². The van der Waals surface area contributed by atoms with Gasteiger partial charge in [0.2, 0.25) is 11.8 Å². The molecule has 7 heteroatoms. The molecule has 2 heterocycles. The minimum Gasteiger partial charge on any atom is -0.382 e. The molecule has 0 aliphatic carbocycles. The number of ether oxygens (including phenoxy) is 1. The molecule has 1 atom stereocenters. The van der Waals surface area contributed by atoms with E-state index in [-0.39, 0.29) is 11.8 Å². The molecule has 29 heavy (non-hydrogen) atoms. The number of unbranched alkanes of at least 4 members (excludes halogenated alkanes) is 1. The van der Waals surface area contributed by atoms with Gasteiger partial charge in [-0.3, -0.25) is 9.59 Å². The van der Waals surface area contributed by atoms with Gasteiger partial charge in [0.15, 0.2) is 0 Å². The van der Waals surface area contributed by atoms with E-state index in [9.17, 15) is 9.59 Å². The Kier molecular flexibility index (Phi) is 7.61. The molecule has 1 aliphatic rings. The molecule has 2 aromatic rings. The maximum atomic E-state index is 13.4. The molecular formula is C22H31N3O3S. The molecular weight excluding hydrogens is 386 g/mol. The summed E-state index contributed by atoms with van der Waals surface area (Å²) < 4.78 is 7.48. The van der Waals surface area contributed by atoms with Crippen LogP contribution >= 0.6 is 11.8 Å². The summed E-state index contributed by atoms with van der Waals surface area (Å²) in [4.78, 5) is 28.1. The van der Waals surface area contributed by atoms with Crippen LogP contribution in [0.25, 0.3) is 10.9 Å². The summed E-state index contributed by atoms with van der Waals surface area (Å²) in [6.07, 6.45) is 2.61. The second-order valence-corrected chi connectivity index (χ2v) is 8.23. The van der Waals surface area contributed by atoms with Crippen molar-refractivity contribution in [3.05, 3.63) is 29.8 Å². The Bertz CT molecular complexity index is 864. The molecule has 0 saturated heterocycles. The van der Waals surface area contributed by atoms with Gasteiger partial charge in [-0.1, -0.05) is 43.3 Å². The van der Waals surface area contributed by atoms with E-state index in [1.807, 2.05) is 26.1 Å². The van der Waals surface area contributed by atoms with Crippen LogP contribution in [0, 0.1) is 0 Å². The maximum absolute atomic E-state index is 13.4. The maximum Gasteiger partial charge on any atom is 0.247 e. The first kappa shape index (κ1) is 21.7. The van der Waals surface area contributed by atoms with Crippen molar-refractivity contribution in [3.63, 3.8) is 0 Å². The molecule has 1 N–H and O–H groups in total. The van der Waals surface area contributed by atoms with Crippen molar-refractivity contribution >= 4 is 34.5 Å². The topological polar surface area (TPSA) is 63.6 Å². The van der Waals surface area contributed by atoms with Crippen LogP contribution in [0.1, 0.15) is 44.7 Å². The average Bonchev–Trinajstić information content (AvgIpc) is 2.91. The van der Waals surface area contributed by atoms with E-state index in [1.165, 1.54) is 11.8 Å². The van der Waals surface area contributed by atoms with Crippen molar-refractivity contribution in [2.45, 2.75) is 44.2 Å². The summed E-state index contributed by atoms with van der Waals surface area (Å²) in [5, 5.41) is 5.10. The number of para-hydroxylation sites is 1. The number of thioether (sulfide) groups is 1. The zero-order chi connectivity index (χ0) is 20.8. The summed E-state index contributed by atoms with van der Waals surface area (Å²) >= 11 is 1.54. The van der Waals surface area contributed by atoms with Crippen LogP contribution in [0.4, 0.5) is 0 Å². The molecule has 158 valence electrons. The Morgan fingerprint density at radius 2 is 2.07 bits per heavy atom. The number of hydrogen-bond acceptors (Lipinski definition) is 4. The largest absolute Gasteiger partial charge is 0.382 e. The summed E-state index contributed by atoms with van der Waals surface area (Å²) in [5.41, 5.74) is 2.04. The van der Waals surface area contributed by atoms with Crippen LogP contribution in [-0.4, -0.2) is 53.3 Å². The summed E-state index contributed by atoms with van der Waals surface area (Å²) in [7, 11) is 2.01. The molecule has 1 unspecified atom stereocenters. The molecule has 0 bridgehead atoms. The van der Waals surface area contributed by atoms with E-state index in [1.54, 1.807) is 4.90 Å². The van der Waals surface area contributed by atoms with Gasteiger partial charge in [-0.15, -0.1) is 0 Å². The monoisotopic (exact) mass is 417 g/mol. The lowest BCUT2D eigenvalue weighted by molar-refractivity contribution is -0.139. The standard InChI is InChI=1S/C22H31N3O3S/c1-4-6-13-25-18(26)15-29-22-19(16-10-7-8-11-17(16)24(22)3)20(25)21(27)23-12-9-14-28-5-2/h7-8,10-11,20H,4-6,9,12-15H2,1-3H3,(H,23,27). The number of rotatable bonds is 9. The first-order valence-corrected chi connectivity index (χ1v) is 11.4. The van der Waals surface area contributed by atoms with Gasteiger partial charge >= 0.3 is 0 Å². The fourth-order valence-electron chi connectivity index (χ4n) is 3.83. The first-order chi connectivity index (χ1) is 14.1. The second kappa shape index (κ2) is 10.2. The van der Waals surface area contributed by atoms with E-state index >= 15 is 0 Å². The van der Waals surface area contributed by atoms with Gasteiger partial charge in [0, 0.05) is 49.8 Å². The number of carbonyl (C=O) groups excluding carboxylic acids is 2. The van der Waals surface area contributed by atoms with E-state index in [0.717, 1.165) is 40.8 Å². The molecule has 6 nitrogen and oxygen atoms in total. The van der Waals surface area contributed by atoms with Gasteiger partial charge in [0.1, 0.15) is 6.04 Å². The molecule has 2 amide bonds. The Hall–Kier alpha value is -1.99. The second-order valence-electron chi connectivity index (χ2n) is 7.27. The summed E-state index contributed by atoms with van der Waals surface area (Å²) in [5.74, 6) is 0.277. The highest BCUT2D eigenvalue weighted by Crippen LogP contribution is 2.41. The first-order valence-electron chi connectivity index (χ1n) is 10.4. The number of amides is 2. The van der Waals surface area contributed by atoms with Crippen LogP contribution in [0.2, 0.25) is 0 Å². The highest BCUT2D eigenvalue weighted by atomic mass is 32.2. The van der Waals surface area contributed by atoms with Gasteiger partial charge in [-0.05, 0) is 25.8 Å². The van der Waals surface area contributed by atoms with E-state index in [2.05, 4.69) is 28.9 Å². The molecule has 0 fully saturated rings. The number of fused-ring (bicyclic) bond motifs is 3. The van der Waals surface area contributed by atoms with Crippen LogP contribution in [0.15, 0.2) is 29.3 Å². The van der Waals surface area contributed by atoms with Crippen molar-refractivity contribution in [1.29, 1.82) is 0 Å². The zero-order valence-electron chi connectivity index (χ0n) is 17.6. The van der Waals surface area contributed by atoms with Crippen LogP contribution in [0.3, 0.4) is 0 Å². The molecule has 1 aliphatic heterocycles. The lowest BCUT2D eigenvalue weighted by atomic mass is 10.0. The van der Waals surface area contributed by atoms with Crippen molar-refractivity contribution < 1.29 is 14.3 Å². The highest BCUT2D eigenvalue weighted by Gasteiger charge is 2.38. The molecule has 0 radical (unpaired) electrons. The SMILES string of the molecule is CCCCN1C(=O)CSc2c(c3ccccc3n2C)C1C(=O)NCCCOCC. The Morgan fingerprint density at radius 3 is 2.83 bits per heavy atom. The van der Waals surface area contributed by atoms with E-state index in [4.69, 9.17) is 4.74 Å². The Morgan fingerprint density at radius 1 is 1.28 bits per heavy atom. The molecule has 0 spiro atoms. The number of aromatic nitrogens is 1. The van der Waals surface area contributed by atoms with E-state index in [0.29, 0.717) is 32.1 Å². The third-order valence-electron chi connectivity index (χ3n) is 5.30. The fraction of sp³-hybridized carbons (Fsp3) is 0.545. The highest BCUT2D eigenvalue weighted by molar-refractivity contribution is 8.00. The number of nitrogens with zero attached hydrogens (tertiary/aromatic N) is 2. The zero-order valence-corrected chi connectivity index (χ0v) is 18.4. The molecule has 0 saturated carbocycles. The average molecular weight is 418 g/mol. The van der Waals surface area contributed by atoms with Gasteiger partial charge in [0.25, 0.3) is 0 Å². The van der Waals surface area contributed by atoms with Gasteiger partial charge in [-0.2, -0.15) is 0 Å². The Labute approximate surface area is 177 Å². The minimum atomic E-state index is -0.600. The molecule has 3 rings (SSSR count). The Balaban J connectivity index is 1.98. The minimum absolute atomic E-state index is 0.0261. The van der Waals surface area contributed by atoms with Gasteiger partial charge in [-0.25, -0.2) is 0 Å². The van der Waals surface area contributed by atoms with E-state index < -0.39 is 6.04 Å². The van der Waals surface area contributed by atoms with Gasteiger partial charge < -0.3 is 19.5 Å². The van der Waals surface area contributed by atoms with Gasteiger partial charge in [0.05, 0.1) is 10.8 Å². The van der Waals surface area contributed by atoms with Crippen molar-refractivity contribution in [3.8, 4) is 0 Å². The lowest BCUT2D eigenvalue weighted by Crippen LogP contribution is -2.44. The number of nitrogens with one attached hydrogen (secondary N) is 1. The van der Waals surface area contributed by atoms with Crippen LogP contribution in [0.5, 0.6) is 0 Å². The quantitative estimate of drug-likeness (QED) is 0.635.